The average molecular weight is 408 g/mol. The number of aromatic amines is 1. The highest BCUT2D eigenvalue weighted by molar-refractivity contribution is 6.42. The number of fused-ring (bicyclic) bond motifs is 1. The number of nitrogens with one attached hydrogen (secondary N) is 1. The number of rotatable bonds is 4. The molecule has 3 aromatic rings. The number of nitrogens with zero attached hydrogens (tertiary/aromatic N) is 3. The molecule has 0 bridgehead atoms. The van der Waals surface area contributed by atoms with Crippen LogP contribution in [0, 0.1) is 10.1 Å². The maximum absolute atomic E-state index is 12.4. The first kappa shape index (κ1) is 18.8. The van der Waals surface area contributed by atoms with Gasteiger partial charge in [0.15, 0.2) is 5.69 Å². The smallest absolute Gasteiger partial charge is 0.276 e. The van der Waals surface area contributed by atoms with E-state index in [0.29, 0.717) is 10.6 Å². The molecule has 9 nitrogen and oxygen atoms in total. The van der Waals surface area contributed by atoms with Crippen LogP contribution in [0.1, 0.15) is 17.4 Å². The molecule has 0 saturated carbocycles. The van der Waals surface area contributed by atoms with Crippen molar-refractivity contribution in [3.05, 3.63) is 78.2 Å². The monoisotopic (exact) mass is 407 g/mol. The van der Waals surface area contributed by atoms with Gasteiger partial charge in [0, 0.05) is 12.1 Å². The van der Waals surface area contributed by atoms with Gasteiger partial charge in [0.1, 0.15) is 11.8 Å². The molecular formula is C16H11Cl2N5O4. The van der Waals surface area contributed by atoms with E-state index in [-0.39, 0.29) is 33.1 Å². The predicted molar refractivity (Wildman–Crippen MR) is 101 cm³/mol. The maximum Gasteiger partial charge on any atom is 0.276 e. The molecule has 0 aliphatic carbocycles. The largest absolute Gasteiger partial charge is 0.382 e. The van der Waals surface area contributed by atoms with Crippen molar-refractivity contribution in [2.45, 2.75) is 6.10 Å². The number of halogens is 2. The summed E-state index contributed by atoms with van der Waals surface area (Å²) in [4.78, 5) is 29.3. The summed E-state index contributed by atoms with van der Waals surface area (Å²) in [7, 11) is 0. The highest BCUT2D eigenvalue weighted by Crippen LogP contribution is 2.27. The van der Waals surface area contributed by atoms with Crippen LogP contribution in [-0.2, 0) is 0 Å². The van der Waals surface area contributed by atoms with Crippen LogP contribution >= 0.6 is 23.2 Å². The van der Waals surface area contributed by atoms with Crippen molar-refractivity contribution in [2.75, 3.05) is 0 Å². The zero-order valence-electron chi connectivity index (χ0n) is 13.4. The molecule has 11 heteroatoms. The maximum atomic E-state index is 12.4. The van der Waals surface area contributed by atoms with E-state index in [9.17, 15) is 20.0 Å². The molecule has 0 aliphatic rings. The first-order chi connectivity index (χ1) is 12.8. The fourth-order valence-corrected chi connectivity index (χ4v) is 2.77. The second-order valence-corrected chi connectivity index (χ2v) is 6.28. The van der Waals surface area contributed by atoms with Gasteiger partial charge in [0.2, 0.25) is 0 Å². The molecule has 0 spiro atoms. The van der Waals surface area contributed by atoms with Crippen molar-refractivity contribution >= 4 is 45.6 Å². The van der Waals surface area contributed by atoms with Crippen molar-refractivity contribution in [3.63, 3.8) is 0 Å². The van der Waals surface area contributed by atoms with Gasteiger partial charge in [-0.3, -0.25) is 14.9 Å². The van der Waals surface area contributed by atoms with Gasteiger partial charge in [-0.15, -0.1) is 0 Å². The molecule has 1 atom stereocenters. The standard InChI is InChI=1S/C16H11Cl2N5O4/c17-9-3-1-7(5-10(9)18)15(24)13(22-19)14-16(25)21-12-6-8(23(26)27)2-4-11(12)20-14/h1-6,15,24H,19H2,(H,21,25)/b22-13+. The lowest BCUT2D eigenvalue weighted by Gasteiger charge is -2.13. The molecule has 3 rings (SSSR count). The van der Waals surface area contributed by atoms with E-state index in [1.54, 1.807) is 0 Å². The Hall–Kier alpha value is -3.01. The Morgan fingerprint density at radius 1 is 1.26 bits per heavy atom. The summed E-state index contributed by atoms with van der Waals surface area (Å²) < 4.78 is 0. The number of aliphatic hydroxyl groups excluding tert-OH is 1. The fraction of sp³-hybridized carbons (Fsp3) is 0.0625. The van der Waals surface area contributed by atoms with Gasteiger partial charge >= 0.3 is 0 Å². The Morgan fingerprint density at radius 2 is 2.00 bits per heavy atom. The Labute approximate surface area is 161 Å². The van der Waals surface area contributed by atoms with E-state index in [1.165, 1.54) is 36.4 Å². The van der Waals surface area contributed by atoms with Gasteiger partial charge in [-0.1, -0.05) is 29.3 Å². The van der Waals surface area contributed by atoms with Crippen molar-refractivity contribution in [2.24, 2.45) is 10.9 Å². The summed E-state index contributed by atoms with van der Waals surface area (Å²) in [6, 6.07) is 8.19. The van der Waals surface area contributed by atoms with E-state index in [2.05, 4.69) is 15.1 Å². The average Bonchev–Trinajstić information content (AvgIpc) is 2.64. The molecular weight excluding hydrogens is 397 g/mol. The lowest BCUT2D eigenvalue weighted by molar-refractivity contribution is -0.384. The summed E-state index contributed by atoms with van der Waals surface area (Å²) in [6.07, 6.45) is -1.39. The van der Waals surface area contributed by atoms with Crippen molar-refractivity contribution in [1.82, 2.24) is 9.97 Å². The number of hydrazone groups is 1. The van der Waals surface area contributed by atoms with Gasteiger partial charge in [0.05, 0.1) is 26.0 Å². The van der Waals surface area contributed by atoms with E-state index in [4.69, 9.17) is 29.0 Å². The van der Waals surface area contributed by atoms with Gasteiger partial charge in [0.25, 0.3) is 11.2 Å². The summed E-state index contributed by atoms with van der Waals surface area (Å²) >= 11 is 11.8. The highest BCUT2D eigenvalue weighted by Gasteiger charge is 2.23. The number of aromatic nitrogens is 2. The highest BCUT2D eigenvalue weighted by atomic mass is 35.5. The van der Waals surface area contributed by atoms with Crippen molar-refractivity contribution < 1.29 is 10.0 Å². The van der Waals surface area contributed by atoms with Crippen LogP contribution < -0.4 is 11.4 Å². The molecule has 0 amide bonds. The third-order valence-electron chi connectivity index (χ3n) is 3.79. The number of H-pyrrole nitrogens is 1. The van der Waals surface area contributed by atoms with Gasteiger partial charge < -0.3 is 15.9 Å². The minimum absolute atomic E-state index is 0.165. The second-order valence-electron chi connectivity index (χ2n) is 5.46. The second kappa shape index (κ2) is 7.31. The normalized spacial score (nSPS) is 12.9. The molecule has 0 aliphatic heterocycles. The lowest BCUT2D eigenvalue weighted by atomic mass is 10.0. The van der Waals surface area contributed by atoms with E-state index < -0.39 is 16.6 Å². The third-order valence-corrected chi connectivity index (χ3v) is 4.53. The SMILES string of the molecule is N/N=C(\c1nc2ccc([N+](=O)[O-])cc2[nH]c1=O)C(O)c1ccc(Cl)c(Cl)c1. The summed E-state index contributed by atoms with van der Waals surface area (Å²) in [5.41, 5.74) is -0.607. The Balaban J connectivity index is 2.09. The first-order valence-corrected chi connectivity index (χ1v) is 8.17. The zero-order chi connectivity index (χ0) is 19.7. The summed E-state index contributed by atoms with van der Waals surface area (Å²) in [5.74, 6) is 5.37. The van der Waals surface area contributed by atoms with Gasteiger partial charge in [-0.25, -0.2) is 4.98 Å². The molecule has 27 heavy (non-hydrogen) atoms. The van der Waals surface area contributed by atoms with E-state index >= 15 is 0 Å². The number of nitro groups is 1. The number of aliphatic hydroxyl groups is 1. The first-order valence-electron chi connectivity index (χ1n) is 7.41. The molecule has 1 aromatic heterocycles. The Bertz CT molecular complexity index is 1150. The molecule has 4 N–H and O–H groups in total. The van der Waals surface area contributed by atoms with Crippen LogP contribution in [0.4, 0.5) is 5.69 Å². The number of non-ortho nitro benzene ring substituents is 1. The quantitative estimate of drug-likeness (QED) is 0.262. The van der Waals surface area contributed by atoms with Crippen LogP contribution in [0.3, 0.4) is 0 Å². The predicted octanol–water partition coefficient (Wildman–Crippen LogP) is 2.53. The summed E-state index contributed by atoms with van der Waals surface area (Å²) in [5, 5.41) is 25.4. The summed E-state index contributed by atoms with van der Waals surface area (Å²) in [6.45, 7) is 0. The van der Waals surface area contributed by atoms with Gasteiger partial charge in [-0.05, 0) is 23.8 Å². The number of hydrogen-bond donors (Lipinski definition) is 3. The molecule has 0 saturated heterocycles. The molecule has 0 fully saturated rings. The van der Waals surface area contributed by atoms with Crippen LogP contribution in [0.15, 0.2) is 46.3 Å². The van der Waals surface area contributed by atoms with Crippen LogP contribution in [0.2, 0.25) is 10.0 Å². The number of benzene rings is 2. The minimum atomic E-state index is -1.39. The Morgan fingerprint density at radius 3 is 2.63 bits per heavy atom. The van der Waals surface area contributed by atoms with Crippen molar-refractivity contribution in [1.29, 1.82) is 0 Å². The van der Waals surface area contributed by atoms with Crippen LogP contribution in [0.5, 0.6) is 0 Å². The topological polar surface area (TPSA) is 147 Å². The zero-order valence-corrected chi connectivity index (χ0v) is 14.9. The van der Waals surface area contributed by atoms with Crippen molar-refractivity contribution in [3.8, 4) is 0 Å². The lowest BCUT2D eigenvalue weighted by Crippen LogP contribution is -2.26. The van der Waals surface area contributed by atoms with E-state index in [0.717, 1.165) is 0 Å². The molecule has 1 heterocycles. The molecule has 0 radical (unpaired) electrons. The third kappa shape index (κ3) is 3.61. The molecule has 2 aromatic carbocycles. The van der Waals surface area contributed by atoms with Crippen LogP contribution in [-0.4, -0.2) is 25.7 Å². The van der Waals surface area contributed by atoms with E-state index in [1.807, 2.05) is 0 Å². The Kier molecular flexibility index (Phi) is 5.08. The molecule has 138 valence electrons. The number of nitrogens with two attached hydrogens (primary N) is 1. The number of hydrogen-bond acceptors (Lipinski definition) is 7. The molecule has 1 unspecified atom stereocenters. The van der Waals surface area contributed by atoms with Gasteiger partial charge in [-0.2, -0.15) is 5.10 Å². The van der Waals surface area contributed by atoms with Crippen LogP contribution in [0.25, 0.3) is 11.0 Å². The fourth-order valence-electron chi connectivity index (χ4n) is 2.46. The minimum Gasteiger partial charge on any atom is -0.382 e. The number of nitro benzene ring substituents is 1.